The summed E-state index contributed by atoms with van der Waals surface area (Å²) < 4.78 is 0. The van der Waals surface area contributed by atoms with Gasteiger partial charge in [0.2, 0.25) is 5.91 Å². The Morgan fingerprint density at radius 3 is 2.44 bits per heavy atom. The number of amides is 2. The zero-order chi connectivity index (χ0) is 22.7. The molecular formula is C27H40N2O3. The molecule has 1 unspecified atom stereocenters. The van der Waals surface area contributed by atoms with E-state index in [2.05, 4.69) is 11.4 Å². The van der Waals surface area contributed by atoms with Crippen molar-refractivity contribution in [3.8, 4) is 0 Å². The predicted molar refractivity (Wildman–Crippen MR) is 128 cm³/mol. The van der Waals surface area contributed by atoms with Crippen molar-refractivity contribution in [2.75, 3.05) is 13.1 Å². The maximum absolute atomic E-state index is 13.2. The number of rotatable bonds is 7. The Morgan fingerprint density at radius 2 is 1.75 bits per heavy atom. The molecule has 0 spiro atoms. The van der Waals surface area contributed by atoms with Crippen LogP contribution in [0.3, 0.4) is 0 Å². The maximum atomic E-state index is 13.2. The average Bonchev–Trinajstić information content (AvgIpc) is 3.68. The molecule has 1 aromatic carbocycles. The number of Topliss-reactive ketones (excluding diaryl/α,β-unsaturated/α-hetero) is 1. The lowest BCUT2D eigenvalue weighted by molar-refractivity contribution is -0.133. The zero-order valence-corrected chi connectivity index (χ0v) is 19.6. The van der Waals surface area contributed by atoms with Crippen molar-refractivity contribution in [2.24, 2.45) is 17.8 Å². The van der Waals surface area contributed by atoms with Crippen LogP contribution in [-0.2, 0) is 9.59 Å². The Morgan fingerprint density at radius 1 is 1.00 bits per heavy atom. The molecule has 2 amide bonds. The van der Waals surface area contributed by atoms with E-state index in [1.54, 1.807) is 0 Å². The lowest BCUT2D eigenvalue weighted by Crippen LogP contribution is -2.48. The number of nitrogens with one attached hydrogen (secondary N) is 1. The summed E-state index contributed by atoms with van der Waals surface area (Å²) >= 11 is 0. The molecule has 1 heterocycles. The van der Waals surface area contributed by atoms with Gasteiger partial charge in [0.05, 0.1) is 6.04 Å². The van der Waals surface area contributed by atoms with E-state index in [0.717, 1.165) is 70.0 Å². The van der Waals surface area contributed by atoms with Crippen molar-refractivity contribution < 1.29 is 15.8 Å². The molecule has 0 aromatic heterocycles. The fourth-order valence-electron chi connectivity index (χ4n) is 5.44. The summed E-state index contributed by atoms with van der Waals surface area (Å²) in [7, 11) is 0. The molecule has 5 heteroatoms. The lowest BCUT2D eigenvalue weighted by atomic mass is 9.80. The third kappa shape index (κ3) is 5.41. The number of benzene rings is 1. The Balaban J connectivity index is 0.00000306. The first kappa shape index (κ1) is 23.0. The van der Waals surface area contributed by atoms with Crippen LogP contribution in [0.15, 0.2) is 24.3 Å². The minimum absolute atomic E-state index is 0. The van der Waals surface area contributed by atoms with Gasteiger partial charge in [-0.1, -0.05) is 45.2 Å². The third-order valence-electron chi connectivity index (χ3n) is 7.56. The number of nitrogens with zero attached hydrogens (tertiary/aromatic N) is 1. The third-order valence-corrected chi connectivity index (χ3v) is 7.56. The van der Waals surface area contributed by atoms with Crippen LogP contribution in [0, 0.1) is 17.8 Å². The van der Waals surface area contributed by atoms with Crippen LogP contribution in [0.2, 0.25) is 0 Å². The van der Waals surface area contributed by atoms with E-state index in [0.29, 0.717) is 11.5 Å². The Hall–Kier alpha value is -2.17. The highest BCUT2D eigenvalue weighted by atomic mass is 16.2. The van der Waals surface area contributed by atoms with Gasteiger partial charge in [0.25, 0.3) is 5.91 Å². The van der Waals surface area contributed by atoms with Gasteiger partial charge in [-0.15, -0.1) is 0 Å². The first-order chi connectivity index (χ1) is 15.4. The molecule has 32 heavy (non-hydrogen) atoms. The van der Waals surface area contributed by atoms with Crippen molar-refractivity contribution in [1.82, 2.24) is 10.2 Å². The van der Waals surface area contributed by atoms with Gasteiger partial charge in [0.15, 0.2) is 5.78 Å². The van der Waals surface area contributed by atoms with Crippen molar-refractivity contribution in [3.63, 3.8) is 0 Å². The molecule has 1 saturated heterocycles. The summed E-state index contributed by atoms with van der Waals surface area (Å²) in [4.78, 5) is 40.7. The number of hydrogen-bond donors (Lipinski definition) is 1. The number of carbonyl (C=O) groups is 3. The molecule has 4 rings (SSSR count). The molecule has 1 aromatic rings. The van der Waals surface area contributed by atoms with Gasteiger partial charge in [-0.3, -0.25) is 14.4 Å². The van der Waals surface area contributed by atoms with Crippen molar-refractivity contribution in [1.29, 1.82) is 0 Å². The summed E-state index contributed by atoms with van der Waals surface area (Å²) in [6, 6.07) is 7.43. The monoisotopic (exact) mass is 440 g/mol. The number of likely N-dealkylation sites (tertiary alicyclic amines) is 1. The topological polar surface area (TPSA) is 66.5 Å². The smallest absolute Gasteiger partial charge is 0.251 e. The molecule has 176 valence electrons. The Bertz CT molecular complexity index is 846. The molecule has 2 saturated carbocycles. The van der Waals surface area contributed by atoms with E-state index in [1.807, 2.05) is 36.9 Å². The van der Waals surface area contributed by atoms with E-state index < -0.39 is 6.04 Å². The van der Waals surface area contributed by atoms with E-state index >= 15 is 0 Å². The highest BCUT2D eigenvalue weighted by Gasteiger charge is 2.36. The van der Waals surface area contributed by atoms with Crippen LogP contribution in [0.1, 0.15) is 94.9 Å². The zero-order valence-electron chi connectivity index (χ0n) is 19.6. The van der Waals surface area contributed by atoms with Crippen LogP contribution in [-0.4, -0.2) is 41.6 Å². The number of hydrogen-bond acceptors (Lipinski definition) is 3. The molecule has 2 aliphatic carbocycles. The second-order valence-electron chi connectivity index (χ2n) is 10.4. The van der Waals surface area contributed by atoms with E-state index in [9.17, 15) is 14.4 Å². The summed E-state index contributed by atoms with van der Waals surface area (Å²) in [5.74, 6) is 0.968. The van der Waals surface area contributed by atoms with E-state index in [-0.39, 0.29) is 36.8 Å². The van der Waals surface area contributed by atoms with E-state index in [1.165, 1.54) is 6.42 Å². The van der Waals surface area contributed by atoms with Gasteiger partial charge < -0.3 is 10.2 Å². The molecule has 0 radical (unpaired) electrons. The van der Waals surface area contributed by atoms with Gasteiger partial charge in [0.1, 0.15) is 0 Å². The van der Waals surface area contributed by atoms with Crippen molar-refractivity contribution >= 4 is 17.6 Å². The fraction of sp³-hybridized carbons (Fsp3) is 0.667. The molecule has 1 N–H and O–H groups in total. The normalized spacial score (nSPS) is 23.1. The largest absolute Gasteiger partial charge is 0.342 e. The summed E-state index contributed by atoms with van der Waals surface area (Å²) in [5.41, 5.74) is 1.74. The Labute approximate surface area is 193 Å². The highest BCUT2D eigenvalue weighted by Crippen LogP contribution is 2.34. The standard InChI is InChI=1S/C27H38N2O3.H2/c1-18(2)25(30)24(19-8-4-3-5-9-19)28-26(31)22-11-6-10-21(16-22)23-12-7-15-29(17-23)27(32)20-13-14-20;/h6,10-11,16,18-20,23-24H,3-5,7-9,12-15,17H2,1-2H3,(H,28,31);1H/t23?,24-;/m1./s1. The van der Waals surface area contributed by atoms with Crippen LogP contribution >= 0.6 is 0 Å². The van der Waals surface area contributed by atoms with Crippen LogP contribution in [0.4, 0.5) is 0 Å². The number of piperidine rings is 1. The molecule has 3 fully saturated rings. The van der Waals surface area contributed by atoms with Gasteiger partial charge in [-0.05, 0) is 62.1 Å². The fourth-order valence-corrected chi connectivity index (χ4v) is 5.44. The van der Waals surface area contributed by atoms with Crippen LogP contribution in [0.5, 0.6) is 0 Å². The molecule has 1 aliphatic heterocycles. The Kier molecular flexibility index (Phi) is 7.32. The van der Waals surface area contributed by atoms with Crippen LogP contribution < -0.4 is 5.32 Å². The second-order valence-corrected chi connectivity index (χ2v) is 10.4. The number of carbonyl (C=O) groups excluding carboxylic acids is 3. The van der Waals surface area contributed by atoms with Crippen molar-refractivity contribution in [3.05, 3.63) is 35.4 Å². The molecule has 0 bridgehead atoms. The summed E-state index contributed by atoms with van der Waals surface area (Å²) in [6.45, 7) is 5.44. The highest BCUT2D eigenvalue weighted by molar-refractivity contribution is 5.98. The molecule has 3 aliphatic rings. The van der Waals surface area contributed by atoms with Crippen molar-refractivity contribution in [2.45, 2.75) is 83.6 Å². The SMILES string of the molecule is CC(C)C(=O)[C@H](NC(=O)c1cccc(C2CCCN(C(=O)C3CC3)C2)c1)C1CCCCC1.[HH]. The van der Waals surface area contributed by atoms with Gasteiger partial charge in [-0.2, -0.15) is 0 Å². The average molecular weight is 441 g/mol. The maximum Gasteiger partial charge on any atom is 0.251 e. The summed E-state index contributed by atoms with van der Waals surface area (Å²) in [6.07, 6.45) is 9.62. The molecular weight excluding hydrogens is 400 g/mol. The van der Waals surface area contributed by atoms with E-state index in [4.69, 9.17) is 0 Å². The van der Waals surface area contributed by atoms with Gasteiger partial charge in [-0.25, -0.2) is 0 Å². The van der Waals surface area contributed by atoms with Gasteiger partial charge in [0, 0.05) is 37.8 Å². The number of ketones is 1. The molecule has 2 atom stereocenters. The first-order valence-corrected chi connectivity index (χ1v) is 12.7. The minimum Gasteiger partial charge on any atom is -0.342 e. The lowest BCUT2D eigenvalue weighted by Gasteiger charge is -2.33. The van der Waals surface area contributed by atoms with Gasteiger partial charge >= 0.3 is 0 Å². The van der Waals surface area contributed by atoms with Crippen LogP contribution in [0.25, 0.3) is 0 Å². The minimum atomic E-state index is -0.396. The predicted octanol–water partition coefficient (Wildman–Crippen LogP) is 4.95. The first-order valence-electron chi connectivity index (χ1n) is 12.7. The summed E-state index contributed by atoms with van der Waals surface area (Å²) in [5, 5.41) is 3.11. The molecule has 5 nitrogen and oxygen atoms in total. The second kappa shape index (κ2) is 10.2. The quantitative estimate of drug-likeness (QED) is 0.652.